The van der Waals surface area contributed by atoms with E-state index in [4.69, 9.17) is 11.6 Å². The Balaban J connectivity index is 2.76. The minimum atomic E-state index is -0.310. The first-order chi connectivity index (χ1) is 9.23. The van der Waals surface area contributed by atoms with Gasteiger partial charge in [0.05, 0.1) is 6.54 Å². The average Bonchev–Trinajstić information content (AvgIpc) is 2.33. The van der Waals surface area contributed by atoms with Gasteiger partial charge in [0, 0.05) is 22.7 Å². The average molecular weight is 297 g/mol. The first kappa shape index (κ1) is 16.5. The van der Waals surface area contributed by atoms with Crippen LogP contribution in [0.3, 0.4) is 0 Å². The summed E-state index contributed by atoms with van der Waals surface area (Å²) in [4.78, 5) is 25.7. The topological polar surface area (TPSA) is 49.4 Å². The molecule has 2 amide bonds. The second kappa shape index (κ2) is 6.75. The highest BCUT2D eigenvalue weighted by molar-refractivity contribution is 6.30. The fourth-order valence-electron chi connectivity index (χ4n) is 1.76. The number of hydrogen-bond donors (Lipinski definition) is 1. The van der Waals surface area contributed by atoms with E-state index in [1.807, 2.05) is 27.7 Å². The zero-order valence-electron chi connectivity index (χ0n) is 12.4. The van der Waals surface area contributed by atoms with E-state index in [2.05, 4.69) is 5.32 Å². The Kier molecular flexibility index (Phi) is 5.57. The number of nitrogens with one attached hydrogen (secondary N) is 1. The van der Waals surface area contributed by atoms with Crippen LogP contribution in [0.15, 0.2) is 24.3 Å². The molecule has 0 bridgehead atoms. The molecule has 0 aliphatic carbocycles. The number of nitrogens with zero attached hydrogens (tertiary/aromatic N) is 1. The molecule has 0 aromatic heterocycles. The van der Waals surface area contributed by atoms with Gasteiger partial charge in [-0.2, -0.15) is 0 Å². The van der Waals surface area contributed by atoms with E-state index < -0.39 is 0 Å². The number of halogens is 1. The van der Waals surface area contributed by atoms with E-state index >= 15 is 0 Å². The molecule has 0 aliphatic heterocycles. The van der Waals surface area contributed by atoms with Crippen LogP contribution < -0.4 is 5.32 Å². The lowest BCUT2D eigenvalue weighted by Crippen LogP contribution is -2.47. The predicted octanol–water partition coefficient (Wildman–Crippen LogP) is 2.72. The van der Waals surface area contributed by atoms with Crippen molar-refractivity contribution >= 4 is 23.4 Å². The van der Waals surface area contributed by atoms with Crippen LogP contribution >= 0.6 is 11.6 Å². The Morgan fingerprint density at radius 1 is 1.30 bits per heavy atom. The Hall–Kier alpha value is -1.55. The van der Waals surface area contributed by atoms with Gasteiger partial charge >= 0.3 is 0 Å². The standard InChI is InChI=1S/C15H21ClN2O2/c1-5-18(10-13(19)17-15(2,3)4)14(20)11-7-6-8-12(16)9-11/h6-9H,5,10H2,1-4H3,(H,17,19). The molecule has 110 valence electrons. The highest BCUT2D eigenvalue weighted by Crippen LogP contribution is 2.12. The molecule has 1 aromatic rings. The molecule has 1 aromatic carbocycles. The van der Waals surface area contributed by atoms with Gasteiger partial charge in [-0.05, 0) is 45.9 Å². The molecule has 1 N–H and O–H groups in total. The molecule has 0 heterocycles. The highest BCUT2D eigenvalue weighted by atomic mass is 35.5. The minimum Gasteiger partial charge on any atom is -0.350 e. The number of hydrogen-bond acceptors (Lipinski definition) is 2. The molecule has 0 aliphatic rings. The third-order valence-corrected chi connectivity index (χ3v) is 2.82. The van der Waals surface area contributed by atoms with Crippen LogP contribution in [0.4, 0.5) is 0 Å². The summed E-state index contributed by atoms with van der Waals surface area (Å²) in [7, 11) is 0. The quantitative estimate of drug-likeness (QED) is 0.929. The van der Waals surface area contributed by atoms with Gasteiger partial charge in [-0.3, -0.25) is 9.59 Å². The zero-order valence-corrected chi connectivity index (χ0v) is 13.1. The number of carbonyl (C=O) groups excluding carboxylic acids is 2. The van der Waals surface area contributed by atoms with Crippen molar-refractivity contribution in [1.29, 1.82) is 0 Å². The van der Waals surface area contributed by atoms with E-state index in [1.165, 1.54) is 4.90 Å². The summed E-state index contributed by atoms with van der Waals surface area (Å²) in [6.07, 6.45) is 0. The first-order valence-electron chi connectivity index (χ1n) is 6.59. The summed E-state index contributed by atoms with van der Waals surface area (Å²) < 4.78 is 0. The number of benzene rings is 1. The van der Waals surface area contributed by atoms with Crippen LogP contribution in [0.5, 0.6) is 0 Å². The number of rotatable bonds is 4. The van der Waals surface area contributed by atoms with E-state index in [1.54, 1.807) is 24.3 Å². The molecular weight excluding hydrogens is 276 g/mol. The Labute approximate surface area is 125 Å². The van der Waals surface area contributed by atoms with Crippen LogP contribution in [-0.4, -0.2) is 35.3 Å². The molecule has 0 fully saturated rings. The molecule has 0 spiro atoms. The molecule has 0 atom stereocenters. The van der Waals surface area contributed by atoms with Crippen molar-refractivity contribution in [1.82, 2.24) is 10.2 Å². The van der Waals surface area contributed by atoms with Crippen molar-refractivity contribution in [2.24, 2.45) is 0 Å². The molecule has 4 nitrogen and oxygen atoms in total. The van der Waals surface area contributed by atoms with E-state index in [0.29, 0.717) is 17.1 Å². The number of amides is 2. The van der Waals surface area contributed by atoms with E-state index in [-0.39, 0.29) is 23.9 Å². The van der Waals surface area contributed by atoms with Gasteiger partial charge in [-0.25, -0.2) is 0 Å². The maximum absolute atomic E-state index is 12.3. The fraction of sp³-hybridized carbons (Fsp3) is 0.467. The first-order valence-corrected chi connectivity index (χ1v) is 6.96. The largest absolute Gasteiger partial charge is 0.350 e. The monoisotopic (exact) mass is 296 g/mol. The molecule has 0 saturated heterocycles. The normalized spacial score (nSPS) is 11.1. The Morgan fingerprint density at radius 2 is 1.95 bits per heavy atom. The van der Waals surface area contributed by atoms with Crippen LogP contribution in [-0.2, 0) is 4.79 Å². The van der Waals surface area contributed by atoms with Crippen molar-refractivity contribution in [3.8, 4) is 0 Å². The van der Waals surface area contributed by atoms with Gasteiger partial charge in [0.15, 0.2) is 0 Å². The van der Waals surface area contributed by atoms with Crippen molar-refractivity contribution in [3.63, 3.8) is 0 Å². The second-order valence-electron chi connectivity index (χ2n) is 5.63. The minimum absolute atomic E-state index is 0.0408. The maximum Gasteiger partial charge on any atom is 0.254 e. The summed E-state index contributed by atoms with van der Waals surface area (Å²) in [5.74, 6) is -0.367. The van der Waals surface area contributed by atoms with Crippen LogP contribution in [0.2, 0.25) is 5.02 Å². The number of carbonyl (C=O) groups is 2. The molecule has 1 rings (SSSR count). The lowest BCUT2D eigenvalue weighted by atomic mass is 10.1. The third-order valence-electron chi connectivity index (χ3n) is 2.59. The zero-order chi connectivity index (χ0) is 15.3. The van der Waals surface area contributed by atoms with Crippen LogP contribution in [0.1, 0.15) is 38.1 Å². The molecule has 20 heavy (non-hydrogen) atoms. The van der Waals surface area contributed by atoms with Gasteiger partial charge in [-0.1, -0.05) is 17.7 Å². The van der Waals surface area contributed by atoms with Crippen LogP contribution in [0, 0.1) is 0 Å². The van der Waals surface area contributed by atoms with Gasteiger partial charge in [0.2, 0.25) is 5.91 Å². The molecular formula is C15H21ClN2O2. The van der Waals surface area contributed by atoms with Crippen molar-refractivity contribution in [2.75, 3.05) is 13.1 Å². The second-order valence-corrected chi connectivity index (χ2v) is 6.06. The van der Waals surface area contributed by atoms with Gasteiger partial charge in [-0.15, -0.1) is 0 Å². The summed E-state index contributed by atoms with van der Waals surface area (Å²) in [6, 6.07) is 6.73. The lowest BCUT2D eigenvalue weighted by molar-refractivity contribution is -0.123. The lowest BCUT2D eigenvalue weighted by Gasteiger charge is -2.25. The van der Waals surface area contributed by atoms with Crippen LogP contribution in [0.25, 0.3) is 0 Å². The summed E-state index contributed by atoms with van der Waals surface area (Å²) in [5, 5.41) is 3.35. The third kappa shape index (κ3) is 5.21. The highest BCUT2D eigenvalue weighted by Gasteiger charge is 2.20. The van der Waals surface area contributed by atoms with Crippen molar-refractivity contribution in [3.05, 3.63) is 34.9 Å². The molecule has 0 saturated carbocycles. The Bertz CT molecular complexity index is 495. The van der Waals surface area contributed by atoms with Crippen molar-refractivity contribution in [2.45, 2.75) is 33.2 Å². The summed E-state index contributed by atoms with van der Waals surface area (Å²) >= 11 is 5.88. The van der Waals surface area contributed by atoms with E-state index in [9.17, 15) is 9.59 Å². The van der Waals surface area contributed by atoms with Gasteiger partial charge in [0.25, 0.3) is 5.91 Å². The Morgan fingerprint density at radius 3 is 2.45 bits per heavy atom. The SMILES string of the molecule is CCN(CC(=O)NC(C)(C)C)C(=O)c1cccc(Cl)c1. The van der Waals surface area contributed by atoms with Gasteiger partial charge < -0.3 is 10.2 Å². The molecule has 0 radical (unpaired) electrons. The van der Waals surface area contributed by atoms with E-state index in [0.717, 1.165) is 0 Å². The predicted molar refractivity (Wildman–Crippen MR) is 80.9 cm³/mol. The molecule has 0 unspecified atom stereocenters. The van der Waals surface area contributed by atoms with Gasteiger partial charge in [0.1, 0.15) is 0 Å². The van der Waals surface area contributed by atoms with Crippen molar-refractivity contribution < 1.29 is 9.59 Å². The smallest absolute Gasteiger partial charge is 0.254 e. The number of likely N-dealkylation sites (N-methyl/N-ethyl adjacent to an activating group) is 1. The summed E-state index contributed by atoms with van der Waals surface area (Å²) in [5.41, 5.74) is 0.179. The fourth-order valence-corrected chi connectivity index (χ4v) is 1.95. The summed E-state index contributed by atoms with van der Waals surface area (Å²) in [6.45, 7) is 8.05. The maximum atomic E-state index is 12.3. The molecule has 5 heteroatoms.